The van der Waals surface area contributed by atoms with E-state index in [0.29, 0.717) is 35.3 Å². The number of esters is 1. The third-order valence-electron chi connectivity index (χ3n) is 3.58. The number of benzene rings is 1. The number of methoxy groups -OCH3 is 1. The lowest BCUT2D eigenvalue weighted by Crippen LogP contribution is -2.00. The summed E-state index contributed by atoms with van der Waals surface area (Å²) in [5.41, 5.74) is 1.28. The molecular weight excluding hydrogens is 350 g/mol. The van der Waals surface area contributed by atoms with E-state index in [2.05, 4.69) is 5.16 Å². The molecule has 0 amide bonds. The monoisotopic (exact) mass is 369 g/mol. The van der Waals surface area contributed by atoms with Gasteiger partial charge in [0.1, 0.15) is 12.3 Å². The summed E-state index contributed by atoms with van der Waals surface area (Å²) in [6.07, 6.45) is 4.52. The summed E-state index contributed by atoms with van der Waals surface area (Å²) in [4.78, 5) is 11.9. The summed E-state index contributed by atoms with van der Waals surface area (Å²) in [5.74, 6) is 1.79. The van der Waals surface area contributed by atoms with Crippen molar-refractivity contribution in [3.05, 3.63) is 60.0 Å². The van der Waals surface area contributed by atoms with Crippen LogP contribution in [0.2, 0.25) is 0 Å². The third-order valence-corrected chi connectivity index (χ3v) is 3.58. The normalized spacial score (nSPS) is 10.9. The fourth-order valence-electron chi connectivity index (χ4n) is 2.34. The Bertz CT molecular complexity index is 910. The lowest BCUT2D eigenvalue weighted by atomic mass is 10.2. The summed E-state index contributed by atoms with van der Waals surface area (Å²) in [6, 6.07) is 10.6. The Hall–Kier alpha value is -3.48. The van der Waals surface area contributed by atoms with Gasteiger partial charge in [0.15, 0.2) is 17.3 Å². The Morgan fingerprint density at radius 2 is 2.07 bits per heavy atom. The molecule has 3 aromatic rings. The summed E-state index contributed by atoms with van der Waals surface area (Å²) in [7, 11) is 1.58. The molecule has 0 aliphatic heterocycles. The number of carbonyl (C=O) groups is 1. The summed E-state index contributed by atoms with van der Waals surface area (Å²) in [6.45, 7) is 2.41. The molecule has 2 heterocycles. The molecule has 0 bridgehead atoms. The lowest BCUT2D eigenvalue weighted by molar-refractivity contribution is -0.139. The van der Waals surface area contributed by atoms with Crippen LogP contribution in [0.25, 0.3) is 17.6 Å². The van der Waals surface area contributed by atoms with Crippen molar-refractivity contribution in [2.45, 2.75) is 13.5 Å². The molecule has 7 nitrogen and oxygen atoms in total. The number of carbonyl (C=O) groups excluding carboxylic acids is 1. The maximum atomic E-state index is 11.9. The highest BCUT2D eigenvalue weighted by molar-refractivity contribution is 5.87. The van der Waals surface area contributed by atoms with Crippen molar-refractivity contribution in [3.63, 3.8) is 0 Å². The summed E-state index contributed by atoms with van der Waals surface area (Å²) >= 11 is 0. The highest BCUT2D eigenvalue weighted by Gasteiger charge is 2.10. The predicted octanol–water partition coefficient (Wildman–Crippen LogP) is 4.10. The molecule has 0 saturated heterocycles. The third kappa shape index (κ3) is 4.78. The number of furan rings is 1. The highest BCUT2D eigenvalue weighted by atomic mass is 16.5. The van der Waals surface area contributed by atoms with Gasteiger partial charge < -0.3 is 23.2 Å². The van der Waals surface area contributed by atoms with E-state index >= 15 is 0 Å². The molecular formula is C20H19NO6. The van der Waals surface area contributed by atoms with E-state index in [0.717, 1.165) is 5.56 Å². The van der Waals surface area contributed by atoms with Crippen molar-refractivity contribution in [3.8, 4) is 23.0 Å². The highest BCUT2D eigenvalue weighted by Crippen LogP contribution is 2.28. The molecule has 0 aliphatic carbocycles. The molecule has 0 radical (unpaired) electrons. The van der Waals surface area contributed by atoms with Gasteiger partial charge in [-0.05, 0) is 42.8 Å². The van der Waals surface area contributed by atoms with Gasteiger partial charge in [-0.2, -0.15) is 0 Å². The smallest absolute Gasteiger partial charge is 0.331 e. The van der Waals surface area contributed by atoms with Crippen LogP contribution in [0, 0.1) is 0 Å². The summed E-state index contributed by atoms with van der Waals surface area (Å²) < 4.78 is 26.3. The van der Waals surface area contributed by atoms with E-state index in [9.17, 15) is 4.79 Å². The maximum Gasteiger partial charge on any atom is 0.331 e. The number of nitrogens with zero attached hydrogens (tertiary/aromatic N) is 1. The van der Waals surface area contributed by atoms with Crippen molar-refractivity contribution < 1.29 is 27.9 Å². The minimum absolute atomic E-state index is 0.000189. The van der Waals surface area contributed by atoms with Gasteiger partial charge in [-0.25, -0.2) is 4.79 Å². The number of rotatable bonds is 8. The van der Waals surface area contributed by atoms with Gasteiger partial charge in [0.2, 0.25) is 5.76 Å². The van der Waals surface area contributed by atoms with Crippen molar-refractivity contribution in [2.24, 2.45) is 0 Å². The number of hydrogen-bond acceptors (Lipinski definition) is 7. The van der Waals surface area contributed by atoms with Crippen molar-refractivity contribution in [1.29, 1.82) is 0 Å². The van der Waals surface area contributed by atoms with Crippen LogP contribution in [0.4, 0.5) is 0 Å². The Morgan fingerprint density at radius 3 is 2.81 bits per heavy atom. The van der Waals surface area contributed by atoms with Crippen LogP contribution in [0.5, 0.6) is 11.5 Å². The zero-order valence-electron chi connectivity index (χ0n) is 15.0. The molecule has 3 rings (SSSR count). The molecule has 7 heteroatoms. The zero-order valence-corrected chi connectivity index (χ0v) is 15.0. The molecule has 0 aliphatic rings. The fourth-order valence-corrected chi connectivity index (χ4v) is 2.34. The first-order chi connectivity index (χ1) is 13.2. The van der Waals surface area contributed by atoms with Gasteiger partial charge in [0.25, 0.3) is 0 Å². The standard InChI is InChI=1S/C20H19NO6/c1-3-24-18-11-14(6-8-16(18)23-2)7-9-20(22)26-13-15-12-19(27-21-15)17-5-4-10-25-17/h4-12H,3,13H2,1-2H3/b9-7+. The topological polar surface area (TPSA) is 83.9 Å². The van der Waals surface area contributed by atoms with E-state index in [1.165, 1.54) is 6.08 Å². The molecule has 0 unspecified atom stereocenters. The van der Waals surface area contributed by atoms with Crippen molar-refractivity contribution >= 4 is 12.0 Å². The van der Waals surface area contributed by atoms with E-state index in [1.54, 1.807) is 49.8 Å². The van der Waals surface area contributed by atoms with Gasteiger partial charge in [0.05, 0.1) is 20.0 Å². The SMILES string of the molecule is CCOc1cc(/C=C/C(=O)OCc2cc(-c3ccco3)on2)ccc1OC. The second-order valence-corrected chi connectivity index (χ2v) is 5.44. The molecule has 0 spiro atoms. The van der Waals surface area contributed by atoms with Gasteiger partial charge in [0, 0.05) is 12.1 Å². The van der Waals surface area contributed by atoms with Gasteiger partial charge >= 0.3 is 5.97 Å². The fraction of sp³-hybridized carbons (Fsp3) is 0.200. The van der Waals surface area contributed by atoms with Crippen LogP contribution in [0.3, 0.4) is 0 Å². The Kier molecular flexibility index (Phi) is 5.94. The molecule has 27 heavy (non-hydrogen) atoms. The predicted molar refractivity (Wildman–Crippen MR) is 97.2 cm³/mol. The Morgan fingerprint density at radius 1 is 1.19 bits per heavy atom. The maximum absolute atomic E-state index is 11.9. The van der Waals surface area contributed by atoms with Crippen LogP contribution in [-0.2, 0) is 16.1 Å². The van der Waals surface area contributed by atoms with Crippen LogP contribution >= 0.6 is 0 Å². The van der Waals surface area contributed by atoms with Gasteiger partial charge in [-0.1, -0.05) is 11.2 Å². The molecule has 0 fully saturated rings. The summed E-state index contributed by atoms with van der Waals surface area (Å²) in [5, 5.41) is 3.85. The minimum atomic E-state index is -0.494. The van der Waals surface area contributed by atoms with Gasteiger partial charge in [-0.15, -0.1) is 0 Å². The molecule has 0 N–H and O–H groups in total. The first-order valence-corrected chi connectivity index (χ1v) is 8.34. The molecule has 2 aromatic heterocycles. The Balaban J connectivity index is 1.57. The largest absolute Gasteiger partial charge is 0.493 e. The first-order valence-electron chi connectivity index (χ1n) is 8.34. The van der Waals surface area contributed by atoms with Crippen molar-refractivity contribution in [1.82, 2.24) is 5.16 Å². The average Bonchev–Trinajstić information content (AvgIpc) is 3.36. The molecule has 0 atom stereocenters. The second kappa shape index (κ2) is 8.75. The first kappa shape index (κ1) is 18.3. The Labute approximate surface area is 156 Å². The van der Waals surface area contributed by atoms with E-state index < -0.39 is 5.97 Å². The average molecular weight is 369 g/mol. The van der Waals surface area contributed by atoms with Crippen LogP contribution < -0.4 is 9.47 Å². The van der Waals surface area contributed by atoms with E-state index in [4.69, 9.17) is 23.2 Å². The van der Waals surface area contributed by atoms with Crippen LogP contribution in [-0.4, -0.2) is 24.8 Å². The van der Waals surface area contributed by atoms with Crippen molar-refractivity contribution in [2.75, 3.05) is 13.7 Å². The van der Waals surface area contributed by atoms with E-state index in [-0.39, 0.29) is 6.61 Å². The number of aromatic nitrogens is 1. The zero-order chi connectivity index (χ0) is 19.1. The molecule has 140 valence electrons. The van der Waals surface area contributed by atoms with E-state index in [1.807, 2.05) is 13.0 Å². The quantitative estimate of drug-likeness (QED) is 0.436. The number of hydrogen-bond donors (Lipinski definition) is 0. The van der Waals surface area contributed by atoms with Crippen LogP contribution in [0.1, 0.15) is 18.2 Å². The molecule has 1 aromatic carbocycles. The number of ether oxygens (including phenoxy) is 3. The van der Waals surface area contributed by atoms with Crippen LogP contribution in [0.15, 0.2) is 57.7 Å². The second-order valence-electron chi connectivity index (χ2n) is 5.44. The van der Waals surface area contributed by atoms with Gasteiger partial charge in [-0.3, -0.25) is 0 Å². The minimum Gasteiger partial charge on any atom is -0.493 e. The molecule has 0 saturated carbocycles. The lowest BCUT2D eigenvalue weighted by Gasteiger charge is -2.09.